The van der Waals surface area contributed by atoms with E-state index in [-0.39, 0.29) is 11.9 Å². The number of rotatable bonds is 4. The number of aryl methyl sites for hydroxylation is 1. The molecule has 0 bridgehead atoms. The summed E-state index contributed by atoms with van der Waals surface area (Å²) in [5.41, 5.74) is 2.43. The van der Waals surface area contributed by atoms with Crippen molar-refractivity contribution in [3.05, 3.63) is 66.0 Å². The largest absolute Gasteiger partial charge is 0.336 e. The standard InChI is InChI=1S/C18H20N2O/c21-18(9-8-15-5-2-1-3-6-15)20-14-4-7-17(20)16-10-12-19-13-11-16/h1-3,5-6,10-13,17H,4,7-9,14H2/t17-/m1/s1. The number of hydrogen-bond acceptors (Lipinski definition) is 2. The van der Waals surface area contributed by atoms with Crippen LogP contribution >= 0.6 is 0 Å². The molecule has 2 aromatic rings. The molecule has 3 rings (SSSR count). The van der Waals surface area contributed by atoms with Gasteiger partial charge < -0.3 is 4.90 Å². The maximum absolute atomic E-state index is 12.5. The lowest BCUT2D eigenvalue weighted by molar-refractivity contribution is -0.132. The van der Waals surface area contributed by atoms with Crippen molar-refractivity contribution in [1.82, 2.24) is 9.88 Å². The highest BCUT2D eigenvalue weighted by molar-refractivity contribution is 5.77. The molecule has 2 heterocycles. The van der Waals surface area contributed by atoms with Gasteiger partial charge in [0.05, 0.1) is 6.04 Å². The Morgan fingerprint density at radius 1 is 1.14 bits per heavy atom. The fraction of sp³-hybridized carbons (Fsp3) is 0.333. The Bertz CT molecular complexity index is 583. The van der Waals surface area contributed by atoms with Crippen molar-refractivity contribution in [2.45, 2.75) is 31.7 Å². The van der Waals surface area contributed by atoms with Crippen molar-refractivity contribution in [3.8, 4) is 0 Å². The zero-order valence-corrected chi connectivity index (χ0v) is 12.1. The second-order valence-electron chi connectivity index (χ2n) is 5.51. The van der Waals surface area contributed by atoms with Crippen molar-refractivity contribution in [2.24, 2.45) is 0 Å². The molecule has 1 saturated heterocycles. The van der Waals surface area contributed by atoms with Crippen LogP contribution in [0.15, 0.2) is 54.9 Å². The van der Waals surface area contributed by atoms with Gasteiger partial charge in [-0.3, -0.25) is 9.78 Å². The minimum Gasteiger partial charge on any atom is -0.336 e. The van der Waals surface area contributed by atoms with Crippen LogP contribution in [0.5, 0.6) is 0 Å². The van der Waals surface area contributed by atoms with Crippen LogP contribution in [-0.4, -0.2) is 22.3 Å². The third kappa shape index (κ3) is 3.30. The lowest BCUT2D eigenvalue weighted by Crippen LogP contribution is -2.30. The molecule has 0 aliphatic carbocycles. The molecule has 1 aromatic heterocycles. The quantitative estimate of drug-likeness (QED) is 0.860. The summed E-state index contributed by atoms with van der Waals surface area (Å²) in [5.74, 6) is 0.262. The summed E-state index contributed by atoms with van der Waals surface area (Å²) in [4.78, 5) is 18.6. The first-order valence-electron chi connectivity index (χ1n) is 7.58. The lowest BCUT2D eigenvalue weighted by Gasteiger charge is -2.25. The van der Waals surface area contributed by atoms with Crippen molar-refractivity contribution < 1.29 is 4.79 Å². The summed E-state index contributed by atoms with van der Waals surface area (Å²) >= 11 is 0. The highest BCUT2D eigenvalue weighted by Crippen LogP contribution is 2.32. The van der Waals surface area contributed by atoms with Gasteiger partial charge in [-0.25, -0.2) is 0 Å². The van der Waals surface area contributed by atoms with E-state index in [2.05, 4.69) is 17.1 Å². The summed E-state index contributed by atoms with van der Waals surface area (Å²) in [7, 11) is 0. The highest BCUT2D eigenvalue weighted by atomic mass is 16.2. The SMILES string of the molecule is O=C(CCc1ccccc1)N1CCC[C@@H]1c1ccncc1. The maximum atomic E-state index is 12.5. The molecule has 1 aliphatic rings. The molecule has 0 spiro atoms. The third-order valence-corrected chi connectivity index (χ3v) is 4.13. The summed E-state index contributed by atoms with van der Waals surface area (Å²) in [6.45, 7) is 0.876. The molecule has 0 saturated carbocycles. The number of aromatic nitrogens is 1. The highest BCUT2D eigenvalue weighted by Gasteiger charge is 2.29. The number of carbonyl (C=O) groups is 1. The van der Waals surface area contributed by atoms with Gasteiger partial charge in [0.15, 0.2) is 0 Å². The minimum atomic E-state index is 0.233. The summed E-state index contributed by atoms with van der Waals surface area (Å²) in [6.07, 6.45) is 7.16. The normalized spacial score (nSPS) is 17.9. The van der Waals surface area contributed by atoms with Crippen LogP contribution in [0.2, 0.25) is 0 Å². The zero-order chi connectivity index (χ0) is 14.5. The number of pyridine rings is 1. The van der Waals surface area contributed by atoms with E-state index in [0.717, 1.165) is 25.8 Å². The van der Waals surface area contributed by atoms with Crippen LogP contribution < -0.4 is 0 Å². The monoisotopic (exact) mass is 280 g/mol. The number of benzene rings is 1. The van der Waals surface area contributed by atoms with Gasteiger partial charge in [-0.05, 0) is 42.5 Å². The van der Waals surface area contributed by atoms with Gasteiger partial charge in [0.2, 0.25) is 5.91 Å². The van der Waals surface area contributed by atoms with Gasteiger partial charge in [-0.2, -0.15) is 0 Å². The van der Waals surface area contributed by atoms with E-state index < -0.39 is 0 Å². The van der Waals surface area contributed by atoms with Crippen molar-refractivity contribution in [1.29, 1.82) is 0 Å². The summed E-state index contributed by atoms with van der Waals surface area (Å²) in [6, 6.07) is 14.5. The van der Waals surface area contributed by atoms with Crippen LogP contribution in [0.3, 0.4) is 0 Å². The minimum absolute atomic E-state index is 0.233. The Hall–Kier alpha value is -2.16. The van der Waals surface area contributed by atoms with Crippen molar-refractivity contribution >= 4 is 5.91 Å². The van der Waals surface area contributed by atoms with Gasteiger partial charge in [0.25, 0.3) is 0 Å². The van der Waals surface area contributed by atoms with Crippen molar-refractivity contribution in [3.63, 3.8) is 0 Å². The van der Waals surface area contributed by atoms with Gasteiger partial charge >= 0.3 is 0 Å². The predicted molar refractivity (Wildman–Crippen MR) is 82.7 cm³/mol. The Labute approximate surface area is 125 Å². The molecule has 1 atom stereocenters. The smallest absolute Gasteiger partial charge is 0.223 e. The zero-order valence-electron chi connectivity index (χ0n) is 12.1. The molecule has 0 radical (unpaired) electrons. The van der Waals surface area contributed by atoms with Gasteiger partial charge in [-0.15, -0.1) is 0 Å². The second kappa shape index (κ2) is 6.53. The molecule has 1 fully saturated rings. The third-order valence-electron chi connectivity index (χ3n) is 4.13. The Kier molecular flexibility index (Phi) is 4.29. The molecule has 21 heavy (non-hydrogen) atoms. The molecule has 3 nitrogen and oxygen atoms in total. The van der Waals surface area contributed by atoms with E-state index in [1.165, 1.54) is 11.1 Å². The molecular weight excluding hydrogens is 260 g/mol. The summed E-state index contributed by atoms with van der Waals surface area (Å²) in [5, 5.41) is 0. The number of hydrogen-bond donors (Lipinski definition) is 0. The fourth-order valence-corrected chi connectivity index (χ4v) is 3.04. The molecule has 1 aliphatic heterocycles. The number of nitrogens with zero attached hydrogens (tertiary/aromatic N) is 2. The maximum Gasteiger partial charge on any atom is 0.223 e. The van der Waals surface area contributed by atoms with E-state index >= 15 is 0 Å². The molecule has 1 amide bonds. The average molecular weight is 280 g/mol. The number of amides is 1. The van der Waals surface area contributed by atoms with Gasteiger partial charge in [0.1, 0.15) is 0 Å². The van der Waals surface area contributed by atoms with Crippen LogP contribution in [0.25, 0.3) is 0 Å². The van der Waals surface area contributed by atoms with Crippen LogP contribution in [0, 0.1) is 0 Å². The van der Waals surface area contributed by atoms with Crippen LogP contribution in [-0.2, 0) is 11.2 Å². The first kappa shape index (κ1) is 13.8. The molecular formula is C18H20N2O. The van der Waals surface area contributed by atoms with E-state index in [9.17, 15) is 4.79 Å². The first-order chi connectivity index (χ1) is 10.3. The molecule has 1 aromatic carbocycles. The second-order valence-corrected chi connectivity index (χ2v) is 5.51. The molecule has 0 unspecified atom stereocenters. The van der Waals surface area contributed by atoms with E-state index in [1.54, 1.807) is 12.4 Å². The van der Waals surface area contributed by atoms with E-state index in [1.807, 2.05) is 35.2 Å². The van der Waals surface area contributed by atoms with Gasteiger partial charge in [-0.1, -0.05) is 30.3 Å². The van der Waals surface area contributed by atoms with Gasteiger partial charge in [0, 0.05) is 25.4 Å². The van der Waals surface area contributed by atoms with Crippen molar-refractivity contribution in [2.75, 3.05) is 6.54 Å². The van der Waals surface area contributed by atoms with E-state index in [4.69, 9.17) is 0 Å². The van der Waals surface area contributed by atoms with E-state index in [0.29, 0.717) is 6.42 Å². The van der Waals surface area contributed by atoms with Crippen LogP contribution in [0.1, 0.15) is 36.4 Å². The Balaban J connectivity index is 1.64. The molecule has 108 valence electrons. The molecule has 0 N–H and O–H groups in total. The Morgan fingerprint density at radius 2 is 1.90 bits per heavy atom. The predicted octanol–water partition coefficient (Wildman–Crippen LogP) is 3.38. The number of carbonyl (C=O) groups excluding carboxylic acids is 1. The molecule has 3 heteroatoms. The fourth-order valence-electron chi connectivity index (χ4n) is 3.04. The lowest BCUT2D eigenvalue weighted by atomic mass is 10.1. The summed E-state index contributed by atoms with van der Waals surface area (Å²) < 4.78 is 0. The topological polar surface area (TPSA) is 33.2 Å². The number of likely N-dealkylation sites (tertiary alicyclic amines) is 1. The first-order valence-corrected chi connectivity index (χ1v) is 7.58. The average Bonchev–Trinajstić information content (AvgIpc) is 3.04. The Morgan fingerprint density at radius 3 is 2.67 bits per heavy atom. The van der Waals surface area contributed by atoms with Crippen LogP contribution in [0.4, 0.5) is 0 Å².